The SMILES string of the molecule is CC(Cc1ccco1)NC(=O)c1ccccc1SCc1cscn1. The number of rotatable bonds is 7. The first-order chi connectivity index (χ1) is 11.7. The fourth-order valence-corrected chi connectivity index (χ4v) is 3.94. The summed E-state index contributed by atoms with van der Waals surface area (Å²) in [4.78, 5) is 17.8. The first kappa shape index (κ1) is 16.8. The molecule has 3 rings (SSSR count). The molecule has 0 bridgehead atoms. The number of carbonyl (C=O) groups excluding carboxylic acids is 1. The minimum Gasteiger partial charge on any atom is -0.469 e. The van der Waals surface area contributed by atoms with E-state index in [4.69, 9.17) is 4.42 Å². The van der Waals surface area contributed by atoms with Gasteiger partial charge in [-0.25, -0.2) is 4.98 Å². The van der Waals surface area contributed by atoms with Crippen molar-refractivity contribution in [2.75, 3.05) is 0 Å². The second kappa shape index (κ2) is 8.17. The minimum absolute atomic E-state index is 0.000228. The third-order valence-electron chi connectivity index (χ3n) is 3.46. The fraction of sp³-hybridized carbons (Fsp3) is 0.222. The predicted molar refractivity (Wildman–Crippen MR) is 97.5 cm³/mol. The zero-order chi connectivity index (χ0) is 16.8. The van der Waals surface area contributed by atoms with Crippen LogP contribution in [0.5, 0.6) is 0 Å². The van der Waals surface area contributed by atoms with Gasteiger partial charge < -0.3 is 9.73 Å². The Morgan fingerprint density at radius 3 is 2.96 bits per heavy atom. The normalized spacial score (nSPS) is 12.0. The van der Waals surface area contributed by atoms with Crippen molar-refractivity contribution in [3.05, 3.63) is 70.6 Å². The van der Waals surface area contributed by atoms with Gasteiger partial charge in [-0.1, -0.05) is 12.1 Å². The predicted octanol–water partition coefficient (Wildman–Crippen LogP) is 4.39. The van der Waals surface area contributed by atoms with E-state index in [1.165, 1.54) is 0 Å². The molecule has 0 aliphatic carbocycles. The molecule has 0 aliphatic heterocycles. The van der Waals surface area contributed by atoms with Gasteiger partial charge in [-0.05, 0) is 31.2 Å². The van der Waals surface area contributed by atoms with Gasteiger partial charge >= 0.3 is 0 Å². The lowest BCUT2D eigenvalue weighted by molar-refractivity contribution is 0.0936. The van der Waals surface area contributed by atoms with Crippen molar-refractivity contribution >= 4 is 29.0 Å². The number of aromatic nitrogens is 1. The van der Waals surface area contributed by atoms with Gasteiger partial charge in [0.05, 0.1) is 23.0 Å². The number of amides is 1. The quantitative estimate of drug-likeness (QED) is 0.637. The molecular formula is C18H18N2O2S2. The molecule has 1 aromatic carbocycles. The summed E-state index contributed by atoms with van der Waals surface area (Å²) in [5.74, 6) is 1.57. The highest BCUT2D eigenvalue weighted by atomic mass is 32.2. The van der Waals surface area contributed by atoms with Crippen LogP contribution in [0.4, 0.5) is 0 Å². The van der Waals surface area contributed by atoms with Gasteiger partial charge in [0.1, 0.15) is 5.76 Å². The summed E-state index contributed by atoms with van der Waals surface area (Å²) in [6, 6.07) is 11.4. The first-order valence-corrected chi connectivity index (χ1v) is 9.57. The van der Waals surface area contributed by atoms with Crippen molar-refractivity contribution in [3.63, 3.8) is 0 Å². The number of hydrogen-bond acceptors (Lipinski definition) is 5. The van der Waals surface area contributed by atoms with E-state index in [2.05, 4.69) is 10.3 Å². The Morgan fingerprint density at radius 2 is 2.21 bits per heavy atom. The van der Waals surface area contributed by atoms with Crippen molar-refractivity contribution in [1.82, 2.24) is 10.3 Å². The van der Waals surface area contributed by atoms with Crippen molar-refractivity contribution < 1.29 is 9.21 Å². The summed E-state index contributed by atoms with van der Waals surface area (Å²) in [6.45, 7) is 1.98. The number of nitrogens with one attached hydrogen (secondary N) is 1. The van der Waals surface area contributed by atoms with Crippen LogP contribution in [0.25, 0.3) is 0 Å². The minimum atomic E-state index is -0.0598. The second-order valence-corrected chi connectivity index (χ2v) is 7.16. The average Bonchev–Trinajstić information content (AvgIpc) is 3.26. The van der Waals surface area contributed by atoms with E-state index in [0.717, 1.165) is 22.1 Å². The number of thiazole rings is 1. The van der Waals surface area contributed by atoms with E-state index in [1.807, 2.05) is 54.2 Å². The number of benzene rings is 1. The van der Waals surface area contributed by atoms with E-state index >= 15 is 0 Å². The smallest absolute Gasteiger partial charge is 0.252 e. The zero-order valence-electron chi connectivity index (χ0n) is 13.3. The number of nitrogens with zero attached hydrogens (tertiary/aromatic N) is 1. The Kier molecular flexibility index (Phi) is 5.72. The number of carbonyl (C=O) groups is 1. The van der Waals surface area contributed by atoms with Gasteiger partial charge in [0.15, 0.2) is 0 Å². The van der Waals surface area contributed by atoms with Crippen molar-refractivity contribution in [2.45, 2.75) is 30.0 Å². The number of thioether (sulfide) groups is 1. The largest absolute Gasteiger partial charge is 0.469 e. The number of hydrogen-bond donors (Lipinski definition) is 1. The monoisotopic (exact) mass is 358 g/mol. The topological polar surface area (TPSA) is 55.1 Å². The average molecular weight is 358 g/mol. The summed E-state index contributed by atoms with van der Waals surface area (Å²) < 4.78 is 5.33. The lowest BCUT2D eigenvalue weighted by Gasteiger charge is -2.14. The molecule has 0 spiro atoms. The molecular weight excluding hydrogens is 340 g/mol. The molecule has 0 aliphatic rings. The summed E-state index contributed by atoms with van der Waals surface area (Å²) in [5, 5.41) is 5.07. The third-order valence-corrected chi connectivity index (χ3v) is 5.20. The molecule has 1 amide bonds. The molecule has 2 aromatic heterocycles. The van der Waals surface area contributed by atoms with Crippen molar-refractivity contribution in [3.8, 4) is 0 Å². The maximum Gasteiger partial charge on any atom is 0.252 e. The van der Waals surface area contributed by atoms with Crippen LogP contribution in [-0.4, -0.2) is 16.9 Å². The molecule has 3 aromatic rings. The maximum atomic E-state index is 12.6. The van der Waals surface area contributed by atoms with Crippen LogP contribution in [0.2, 0.25) is 0 Å². The fourth-order valence-electron chi connectivity index (χ4n) is 2.32. The van der Waals surface area contributed by atoms with E-state index in [0.29, 0.717) is 12.0 Å². The van der Waals surface area contributed by atoms with Crippen molar-refractivity contribution in [1.29, 1.82) is 0 Å². The Bertz CT molecular complexity index is 770. The summed E-state index contributed by atoms with van der Waals surface area (Å²) in [7, 11) is 0. The summed E-state index contributed by atoms with van der Waals surface area (Å²) in [5.41, 5.74) is 3.56. The Hall–Kier alpha value is -2.05. The molecule has 1 atom stereocenters. The van der Waals surface area contributed by atoms with Gasteiger partial charge in [-0.2, -0.15) is 0 Å². The van der Waals surface area contributed by atoms with Crippen LogP contribution in [0, 0.1) is 0 Å². The highest BCUT2D eigenvalue weighted by Crippen LogP contribution is 2.26. The van der Waals surface area contributed by atoms with Gasteiger partial charge in [0.2, 0.25) is 0 Å². The van der Waals surface area contributed by atoms with Gasteiger partial charge in [0.25, 0.3) is 5.91 Å². The molecule has 2 heterocycles. The molecule has 0 saturated heterocycles. The van der Waals surface area contributed by atoms with E-state index in [1.54, 1.807) is 29.4 Å². The van der Waals surface area contributed by atoms with Crippen LogP contribution in [-0.2, 0) is 12.2 Å². The van der Waals surface area contributed by atoms with Crippen LogP contribution in [0.3, 0.4) is 0 Å². The molecule has 4 nitrogen and oxygen atoms in total. The summed E-state index contributed by atoms with van der Waals surface area (Å²) in [6.07, 6.45) is 2.32. The molecule has 0 fully saturated rings. The molecule has 124 valence electrons. The Balaban J connectivity index is 1.63. The lowest BCUT2D eigenvalue weighted by Crippen LogP contribution is -2.34. The Labute approximate surface area is 149 Å². The molecule has 1 N–H and O–H groups in total. The van der Waals surface area contributed by atoms with E-state index < -0.39 is 0 Å². The Morgan fingerprint density at radius 1 is 1.33 bits per heavy atom. The lowest BCUT2D eigenvalue weighted by atomic mass is 10.1. The van der Waals surface area contributed by atoms with Crippen LogP contribution >= 0.6 is 23.1 Å². The molecule has 6 heteroatoms. The maximum absolute atomic E-state index is 12.6. The van der Waals surface area contributed by atoms with Gasteiger partial charge in [-0.3, -0.25) is 4.79 Å². The number of furan rings is 1. The molecule has 0 saturated carbocycles. The van der Waals surface area contributed by atoms with E-state index in [-0.39, 0.29) is 11.9 Å². The third kappa shape index (κ3) is 4.49. The molecule has 24 heavy (non-hydrogen) atoms. The first-order valence-electron chi connectivity index (χ1n) is 7.64. The standard InChI is InChI=1S/C18H18N2O2S2/c1-13(9-15-5-4-8-22-15)20-18(21)16-6-2-3-7-17(16)24-11-14-10-23-12-19-14/h2-8,10,12-13H,9,11H2,1H3,(H,20,21). The molecule has 0 radical (unpaired) electrons. The highest BCUT2D eigenvalue weighted by molar-refractivity contribution is 7.98. The second-order valence-electron chi connectivity index (χ2n) is 5.42. The van der Waals surface area contributed by atoms with Crippen LogP contribution < -0.4 is 5.32 Å². The van der Waals surface area contributed by atoms with Crippen LogP contribution in [0.1, 0.15) is 28.7 Å². The zero-order valence-corrected chi connectivity index (χ0v) is 14.9. The van der Waals surface area contributed by atoms with Gasteiger partial charge in [0, 0.05) is 28.5 Å². The van der Waals surface area contributed by atoms with Crippen molar-refractivity contribution in [2.24, 2.45) is 0 Å². The van der Waals surface area contributed by atoms with Crippen LogP contribution in [0.15, 0.2) is 62.9 Å². The summed E-state index contributed by atoms with van der Waals surface area (Å²) >= 11 is 3.21. The molecule has 1 unspecified atom stereocenters. The van der Waals surface area contributed by atoms with E-state index in [9.17, 15) is 4.79 Å². The van der Waals surface area contributed by atoms with Gasteiger partial charge in [-0.15, -0.1) is 23.1 Å². The highest BCUT2D eigenvalue weighted by Gasteiger charge is 2.15.